The van der Waals surface area contributed by atoms with Crippen LogP contribution in [-0.4, -0.2) is 16.8 Å². The Morgan fingerprint density at radius 1 is 0.864 bits per heavy atom. The van der Waals surface area contributed by atoms with E-state index in [1.165, 1.54) is 4.90 Å². The zero-order chi connectivity index (χ0) is 15.3. The number of imide groups is 1. The fourth-order valence-corrected chi connectivity index (χ4v) is 2.91. The van der Waals surface area contributed by atoms with Gasteiger partial charge in [0.2, 0.25) is 0 Å². The second-order valence-electron chi connectivity index (χ2n) is 5.30. The zero-order valence-corrected chi connectivity index (χ0v) is 11.9. The van der Waals surface area contributed by atoms with Crippen molar-refractivity contribution >= 4 is 28.4 Å². The molecule has 1 aliphatic heterocycles. The van der Waals surface area contributed by atoms with Crippen molar-refractivity contribution in [2.75, 3.05) is 4.90 Å². The highest BCUT2D eigenvalue weighted by atomic mass is 16.2. The summed E-state index contributed by atoms with van der Waals surface area (Å²) >= 11 is 0. The number of carbonyl (C=O) groups excluding carboxylic acids is 2. The molecule has 0 radical (unpaired) electrons. The van der Waals surface area contributed by atoms with Crippen molar-refractivity contribution in [2.45, 2.75) is 6.92 Å². The number of aryl methyl sites for hydroxylation is 1. The first kappa shape index (κ1) is 12.7. The van der Waals surface area contributed by atoms with Gasteiger partial charge in [-0.1, -0.05) is 30.3 Å². The maximum atomic E-state index is 12.7. The van der Waals surface area contributed by atoms with E-state index in [0.717, 1.165) is 10.9 Å². The Morgan fingerprint density at radius 3 is 2.23 bits per heavy atom. The minimum Gasteiger partial charge on any atom is -0.268 e. The van der Waals surface area contributed by atoms with Crippen LogP contribution in [0.25, 0.3) is 10.9 Å². The molecule has 4 nitrogen and oxygen atoms in total. The number of anilines is 1. The fraction of sp³-hybridized carbons (Fsp3) is 0.0556. The number of amides is 2. The van der Waals surface area contributed by atoms with Gasteiger partial charge in [0.15, 0.2) is 0 Å². The SMILES string of the molecule is Cc1ccc2cccnc2c1N1C(=O)c2ccccc2C1=O. The molecule has 0 unspecified atom stereocenters. The molecule has 0 spiro atoms. The zero-order valence-electron chi connectivity index (χ0n) is 11.9. The van der Waals surface area contributed by atoms with Crippen LogP contribution >= 0.6 is 0 Å². The lowest BCUT2D eigenvalue weighted by molar-refractivity contribution is 0.0926. The summed E-state index contributed by atoms with van der Waals surface area (Å²) in [5.41, 5.74) is 2.97. The van der Waals surface area contributed by atoms with Crippen LogP contribution in [0, 0.1) is 6.92 Å². The number of aromatic nitrogens is 1. The molecule has 0 fully saturated rings. The molecule has 2 aromatic carbocycles. The first-order valence-corrected chi connectivity index (χ1v) is 7.00. The van der Waals surface area contributed by atoms with E-state index in [2.05, 4.69) is 4.98 Å². The van der Waals surface area contributed by atoms with Crippen molar-refractivity contribution in [1.29, 1.82) is 0 Å². The third kappa shape index (κ3) is 1.61. The van der Waals surface area contributed by atoms with Crippen LogP contribution in [0.2, 0.25) is 0 Å². The molecule has 1 aliphatic rings. The summed E-state index contributed by atoms with van der Waals surface area (Å²) in [6.45, 7) is 1.88. The number of hydrogen-bond acceptors (Lipinski definition) is 3. The van der Waals surface area contributed by atoms with E-state index in [0.29, 0.717) is 22.3 Å². The van der Waals surface area contributed by atoms with Crippen molar-refractivity contribution in [3.8, 4) is 0 Å². The maximum Gasteiger partial charge on any atom is 0.266 e. The van der Waals surface area contributed by atoms with Gasteiger partial charge >= 0.3 is 0 Å². The van der Waals surface area contributed by atoms with Gasteiger partial charge < -0.3 is 0 Å². The van der Waals surface area contributed by atoms with Crippen LogP contribution in [0.4, 0.5) is 5.69 Å². The average molecular weight is 288 g/mol. The normalized spacial score (nSPS) is 13.8. The van der Waals surface area contributed by atoms with Crippen molar-refractivity contribution in [2.24, 2.45) is 0 Å². The highest BCUT2D eigenvalue weighted by Gasteiger charge is 2.37. The van der Waals surface area contributed by atoms with Crippen molar-refractivity contribution < 1.29 is 9.59 Å². The molecular weight excluding hydrogens is 276 g/mol. The van der Waals surface area contributed by atoms with E-state index in [1.807, 2.05) is 31.2 Å². The number of nitrogens with zero attached hydrogens (tertiary/aromatic N) is 2. The molecule has 0 saturated carbocycles. The number of fused-ring (bicyclic) bond motifs is 2. The van der Waals surface area contributed by atoms with E-state index in [1.54, 1.807) is 30.5 Å². The topological polar surface area (TPSA) is 50.3 Å². The summed E-state index contributed by atoms with van der Waals surface area (Å²) < 4.78 is 0. The molecule has 22 heavy (non-hydrogen) atoms. The lowest BCUT2D eigenvalue weighted by Crippen LogP contribution is -2.30. The summed E-state index contributed by atoms with van der Waals surface area (Å²) in [5.74, 6) is -0.580. The van der Waals surface area contributed by atoms with Gasteiger partial charge in [-0.2, -0.15) is 0 Å². The highest BCUT2D eigenvalue weighted by Crippen LogP contribution is 2.34. The first-order chi connectivity index (χ1) is 10.7. The quantitative estimate of drug-likeness (QED) is 0.645. The third-order valence-electron chi connectivity index (χ3n) is 3.97. The lowest BCUT2D eigenvalue weighted by Gasteiger charge is -2.18. The molecule has 1 aromatic heterocycles. The number of hydrogen-bond donors (Lipinski definition) is 0. The predicted molar refractivity (Wildman–Crippen MR) is 84.1 cm³/mol. The number of benzene rings is 2. The summed E-state index contributed by atoms with van der Waals surface area (Å²) in [6, 6.07) is 14.5. The van der Waals surface area contributed by atoms with Crippen LogP contribution in [0.15, 0.2) is 54.7 Å². The van der Waals surface area contributed by atoms with Crippen molar-refractivity contribution in [1.82, 2.24) is 4.98 Å². The molecule has 0 atom stereocenters. The third-order valence-corrected chi connectivity index (χ3v) is 3.97. The monoisotopic (exact) mass is 288 g/mol. The Labute approximate surface area is 127 Å². The van der Waals surface area contributed by atoms with Crippen molar-refractivity contribution in [3.63, 3.8) is 0 Å². The van der Waals surface area contributed by atoms with Gasteiger partial charge in [0.25, 0.3) is 11.8 Å². The molecule has 0 aliphatic carbocycles. The van der Waals surface area contributed by atoms with Gasteiger partial charge in [-0.3, -0.25) is 14.6 Å². The van der Waals surface area contributed by atoms with Crippen molar-refractivity contribution in [3.05, 3.63) is 71.4 Å². The van der Waals surface area contributed by atoms with Crippen LogP contribution < -0.4 is 4.90 Å². The van der Waals surface area contributed by atoms with E-state index < -0.39 is 0 Å². The van der Waals surface area contributed by atoms with Gasteiger partial charge in [0.05, 0.1) is 22.3 Å². The number of pyridine rings is 1. The second kappa shape index (κ2) is 4.49. The Hall–Kier alpha value is -3.01. The van der Waals surface area contributed by atoms with Crippen LogP contribution in [0.5, 0.6) is 0 Å². The van der Waals surface area contributed by atoms with Crippen LogP contribution in [0.1, 0.15) is 26.3 Å². The summed E-state index contributed by atoms with van der Waals surface area (Å²) in [6.07, 6.45) is 1.67. The summed E-state index contributed by atoms with van der Waals surface area (Å²) in [4.78, 5) is 31.0. The van der Waals surface area contributed by atoms with E-state index >= 15 is 0 Å². The Bertz CT molecular complexity index is 912. The predicted octanol–water partition coefficient (Wildman–Crippen LogP) is 3.34. The largest absolute Gasteiger partial charge is 0.268 e. The van der Waals surface area contributed by atoms with E-state index in [9.17, 15) is 9.59 Å². The highest BCUT2D eigenvalue weighted by molar-refractivity contribution is 6.36. The molecule has 2 heterocycles. The minimum absolute atomic E-state index is 0.290. The lowest BCUT2D eigenvalue weighted by atomic mass is 10.1. The first-order valence-electron chi connectivity index (χ1n) is 7.00. The molecular formula is C18H12N2O2. The molecule has 2 amide bonds. The fourth-order valence-electron chi connectivity index (χ4n) is 2.91. The van der Waals surface area contributed by atoms with Gasteiger partial charge in [-0.05, 0) is 30.7 Å². The number of rotatable bonds is 1. The molecule has 3 aromatic rings. The van der Waals surface area contributed by atoms with E-state index in [-0.39, 0.29) is 11.8 Å². The van der Waals surface area contributed by atoms with Gasteiger partial charge in [0, 0.05) is 11.6 Å². The smallest absolute Gasteiger partial charge is 0.266 e. The second-order valence-corrected chi connectivity index (χ2v) is 5.30. The maximum absolute atomic E-state index is 12.7. The Morgan fingerprint density at radius 2 is 1.55 bits per heavy atom. The standard InChI is InChI=1S/C18H12N2O2/c1-11-8-9-12-5-4-10-19-15(12)16(11)20-17(21)13-6-2-3-7-14(13)18(20)22/h2-10H,1H3. The molecule has 0 saturated heterocycles. The number of carbonyl (C=O) groups is 2. The van der Waals surface area contributed by atoms with Crippen LogP contribution in [0.3, 0.4) is 0 Å². The average Bonchev–Trinajstić information content (AvgIpc) is 2.80. The minimum atomic E-state index is -0.290. The van der Waals surface area contributed by atoms with Crippen LogP contribution in [-0.2, 0) is 0 Å². The van der Waals surface area contributed by atoms with Gasteiger partial charge in [0.1, 0.15) is 0 Å². The van der Waals surface area contributed by atoms with Gasteiger partial charge in [-0.15, -0.1) is 0 Å². The van der Waals surface area contributed by atoms with Gasteiger partial charge in [-0.25, -0.2) is 4.90 Å². The summed E-state index contributed by atoms with van der Waals surface area (Å²) in [5, 5.41) is 0.902. The Balaban J connectivity index is 2.00. The summed E-state index contributed by atoms with van der Waals surface area (Å²) in [7, 11) is 0. The molecule has 4 heteroatoms. The molecule has 106 valence electrons. The molecule has 0 bridgehead atoms. The van der Waals surface area contributed by atoms with E-state index in [4.69, 9.17) is 0 Å². The Kier molecular flexibility index (Phi) is 2.60. The molecule has 4 rings (SSSR count). The molecule has 0 N–H and O–H groups in total.